The summed E-state index contributed by atoms with van der Waals surface area (Å²) in [6.45, 7) is 4.08. The van der Waals surface area contributed by atoms with E-state index in [-0.39, 0.29) is 30.8 Å². The standard InChI is InChI=1S/C27H27BrCl2N2O2/c1-18(2)31-27(34)25(15-19-8-4-3-5-9-19)32(17-20-10-6-11-21(28)14-20)26(33)16-22-23(29)12-7-13-24(22)30/h3-14,18,25H,15-17H2,1-2H3,(H,31,34)/t25-/m0/s1. The van der Waals surface area contributed by atoms with Crippen molar-refractivity contribution in [3.8, 4) is 0 Å². The average Bonchev–Trinajstić information content (AvgIpc) is 2.79. The van der Waals surface area contributed by atoms with Crippen molar-refractivity contribution in [2.24, 2.45) is 0 Å². The van der Waals surface area contributed by atoms with Crippen LogP contribution >= 0.6 is 39.1 Å². The maximum atomic E-state index is 13.7. The van der Waals surface area contributed by atoms with E-state index in [1.807, 2.05) is 68.4 Å². The van der Waals surface area contributed by atoms with Gasteiger partial charge >= 0.3 is 0 Å². The van der Waals surface area contributed by atoms with Crippen molar-refractivity contribution in [3.63, 3.8) is 0 Å². The lowest BCUT2D eigenvalue weighted by Gasteiger charge is -2.32. The van der Waals surface area contributed by atoms with Gasteiger partial charge in [-0.2, -0.15) is 0 Å². The molecule has 2 amide bonds. The minimum Gasteiger partial charge on any atom is -0.352 e. The molecule has 0 saturated heterocycles. The normalized spacial score (nSPS) is 11.8. The van der Waals surface area contributed by atoms with Gasteiger partial charge in [0.15, 0.2) is 0 Å². The molecule has 0 aromatic heterocycles. The van der Waals surface area contributed by atoms with E-state index in [2.05, 4.69) is 21.2 Å². The van der Waals surface area contributed by atoms with Gasteiger partial charge in [0.1, 0.15) is 6.04 Å². The molecule has 7 heteroatoms. The molecule has 178 valence electrons. The molecular formula is C27H27BrCl2N2O2. The number of carbonyl (C=O) groups is 2. The fraction of sp³-hybridized carbons (Fsp3) is 0.259. The van der Waals surface area contributed by atoms with Crippen LogP contribution in [0.1, 0.15) is 30.5 Å². The Balaban J connectivity index is 2.01. The Morgan fingerprint density at radius 2 is 1.53 bits per heavy atom. The summed E-state index contributed by atoms with van der Waals surface area (Å²) in [5.41, 5.74) is 2.43. The zero-order valence-corrected chi connectivity index (χ0v) is 22.2. The molecule has 0 aliphatic rings. The zero-order valence-electron chi connectivity index (χ0n) is 19.1. The Kier molecular flexibility index (Phi) is 9.57. The minimum absolute atomic E-state index is 0.00718. The van der Waals surface area contributed by atoms with Crippen LogP contribution < -0.4 is 5.32 Å². The third kappa shape index (κ3) is 7.33. The minimum atomic E-state index is -0.711. The van der Waals surface area contributed by atoms with E-state index in [0.29, 0.717) is 22.0 Å². The molecule has 0 bridgehead atoms. The first-order chi connectivity index (χ1) is 16.2. The lowest BCUT2D eigenvalue weighted by atomic mass is 10.0. The lowest BCUT2D eigenvalue weighted by Crippen LogP contribution is -2.52. The Morgan fingerprint density at radius 1 is 0.912 bits per heavy atom. The van der Waals surface area contributed by atoms with E-state index in [1.54, 1.807) is 23.1 Å². The first-order valence-electron chi connectivity index (χ1n) is 11.1. The lowest BCUT2D eigenvalue weighted by molar-refractivity contribution is -0.141. The Morgan fingerprint density at radius 3 is 2.15 bits per heavy atom. The van der Waals surface area contributed by atoms with Crippen LogP contribution in [-0.2, 0) is 29.0 Å². The van der Waals surface area contributed by atoms with Crippen LogP contribution in [0.25, 0.3) is 0 Å². The van der Waals surface area contributed by atoms with Crippen LogP contribution in [-0.4, -0.2) is 28.8 Å². The van der Waals surface area contributed by atoms with Crippen LogP contribution in [0.15, 0.2) is 77.3 Å². The molecule has 0 radical (unpaired) electrons. The van der Waals surface area contributed by atoms with Gasteiger partial charge in [0.05, 0.1) is 6.42 Å². The summed E-state index contributed by atoms with van der Waals surface area (Å²) in [5.74, 6) is -0.428. The number of benzene rings is 3. The van der Waals surface area contributed by atoms with Gasteiger partial charge in [-0.3, -0.25) is 9.59 Å². The number of hydrogen-bond donors (Lipinski definition) is 1. The summed E-state index contributed by atoms with van der Waals surface area (Å²) < 4.78 is 0.901. The van der Waals surface area contributed by atoms with E-state index in [4.69, 9.17) is 23.2 Å². The van der Waals surface area contributed by atoms with Crippen LogP contribution in [0, 0.1) is 0 Å². The predicted molar refractivity (Wildman–Crippen MR) is 142 cm³/mol. The third-order valence-electron chi connectivity index (χ3n) is 5.33. The van der Waals surface area contributed by atoms with Crippen molar-refractivity contribution in [3.05, 3.63) is 104 Å². The topological polar surface area (TPSA) is 49.4 Å². The summed E-state index contributed by atoms with van der Waals surface area (Å²) in [6, 6.07) is 21.8. The predicted octanol–water partition coefficient (Wildman–Crippen LogP) is 6.46. The summed E-state index contributed by atoms with van der Waals surface area (Å²) >= 11 is 16.2. The SMILES string of the molecule is CC(C)NC(=O)[C@H](Cc1ccccc1)N(Cc1cccc(Br)c1)C(=O)Cc1c(Cl)cccc1Cl. The Labute approximate surface area is 219 Å². The number of rotatable bonds is 9. The molecule has 3 aromatic rings. The first kappa shape index (κ1) is 26.3. The summed E-state index contributed by atoms with van der Waals surface area (Å²) in [6.07, 6.45) is 0.377. The van der Waals surface area contributed by atoms with Crippen molar-refractivity contribution in [2.45, 2.75) is 45.3 Å². The molecule has 4 nitrogen and oxygen atoms in total. The Hall–Kier alpha value is -2.34. The molecule has 0 aliphatic carbocycles. The third-order valence-corrected chi connectivity index (χ3v) is 6.54. The van der Waals surface area contributed by atoms with Crippen LogP contribution in [0.5, 0.6) is 0 Å². The Bertz CT molecular complexity index is 1120. The molecule has 3 rings (SSSR count). The largest absolute Gasteiger partial charge is 0.352 e. The number of carbonyl (C=O) groups excluding carboxylic acids is 2. The second-order valence-electron chi connectivity index (χ2n) is 8.40. The smallest absolute Gasteiger partial charge is 0.243 e. The molecule has 3 aromatic carbocycles. The molecular weight excluding hydrogens is 535 g/mol. The maximum absolute atomic E-state index is 13.7. The van der Waals surface area contributed by atoms with E-state index in [1.165, 1.54) is 0 Å². The van der Waals surface area contributed by atoms with Crippen LogP contribution in [0.4, 0.5) is 0 Å². The van der Waals surface area contributed by atoms with E-state index in [9.17, 15) is 9.59 Å². The van der Waals surface area contributed by atoms with Crippen molar-refractivity contribution in [2.75, 3.05) is 0 Å². The molecule has 0 unspecified atom stereocenters. The van der Waals surface area contributed by atoms with Crippen molar-refractivity contribution < 1.29 is 9.59 Å². The fourth-order valence-corrected chi connectivity index (χ4v) is 4.70. The summed E-state index contributed by atoms with van der Waals surface area (Å²) in [7, 11) is 0. The van der Waals surface area contributed by atoms with Gasteiger partial charge in [0, 0.05) is 33.5 Å². The van der Waals surface area contributed by atoms with Crippen molar-refractivity contribution >= 4 is 50.9 Å². The van der Waals surface area contributed by atoms with Gasteiger partial charge in [-0.15, -0.1) is 0 Å². The molecule has 1 N–H and O–H groups in total. The maximum Gasteiger partial charge on any atom is 0.243 e. The van der Waals surface area contributed by atoms with Gasteiger partial charge in [-0.25, -0.2) is 0 Å². The van der Waals surface area contributed by atoms with Crippen molar-refractivity contribution in [1.29, 1.82) is 0 Å². The monoisotopic (exact) mass is 560 g/mol. The number of nitrogens with one attached hydrogen (secondary N) is 1. The quantitative estimate of drug-likeness (QED) is 0.326. The van der Waals surface area contributed by atoms with Gasteiger partial charge in [-0.05, 0) is 54.8 Å². The summed E-state index contributed by atoms with van der Waals surface area (Å²) in [4.78, 5) is 28.8. The number of halogens is 3. The molecule has 0 saturated carbocycles. The zero-order chi connectivity index (χ0) is 24.7. The highest BCUT2D eigenvalue weighted by Crippen LogP contribution is 2.26. The molecule has 0 aliphatic heterocycles. The molecule has 0 spiro atoms. The van der Waals surface area contributed by atoms with Crippen molar-refractivity contribution in [1.82, 2.24) is 10.2 Å². The van der Waals surface area contributed by atoms with Gasteiger partial charge in [0.2, 0.25) is 11.8 Å². The van der Waals surface area contributed by atoms with E-state index in [0.717, 1.165) is 15.6 Å². The van der Waals surface area contributed by atoms with Crippen LogP contribution in [0.2, 0.25) is 10.0 Å². The van der Waals surface area contributed by atoms with E-state index >= 15 is 0 Å². The van der Waals surface area contributed by atoms with Gasteiger partial charge < -0.3 is 10.2 Å². The van der Waals surface area contributed by atoms with Gasteiger partial charge in [-0.1, -0.05) is 87.7 Å². The number of hydrogen-bond acceptors (Lipinski definition) is 2. The van der Waals surface area contributed by atoms with E-state index < -0.39 is 6.04 Å². The highest BCUT2D eigenvalue weighted by molar-refractivity contribution is 9.10. The molecule has 1 atom stereocenters. The first-order valence-corrected chi connectivity index (χ1v) is 12.6. The average molecular weight is 562 g/mol. The van der Waals surface area contributed by atoms with Crippen LogP contribution in [0.3, 0.4) is 0 Å². The second-order valence-corrected chi connectivity index (χ2v) is 10.1. The van der Waals surface area contributed by atoms with Gasteiger partial charge in [0.25, 0.3) is 0 Å². The molecule has 34 heavy (non-hydrogen) atoms. The molecule has 0 heterocycles. The fourth-order valence-electron chi connectivity index (χ4n) is 3.72. The second kappa shape index (κ2) is 12.4. The highest BCUT2D eigenvalue weighted by atomic mass is 79.9. The summed E-state index contributed by atoms with van der Waals surface area (Å²) in [5, 5.41) is 3.84. The molecule has 0 fully saturated rings. The number of amides is 2. The number of nitrogens with zero attached hydrogens (tertiary/aromatic N) is 1. The highest BCUT2D eigenvalue weighted by Gasteiger charge is 2.31.